The van der Waals surface area contributed by atoms with Crippen LogP contribution < -0.4 is 10.2 Å². The molecule has 1 aromatic rings. The van der Waals surface area contributed by atoms with Crippen molar-refractivity contribution in [2.45, 2.75) is 13.8 Å². The molecule has 0 radical (unpaired) electrons. The number of ether oxygens (including phenoxy) is 1. The van der Waals surface area contributed by atoms with Crippen molar-refractivity contribution in [1.29, 1.82) is 0 Å². The summed E-state index contributed by atoms with van der Waals surface area (Å²) in [5.74, 6) is 1.39. The quantitative estimate of drug-likeness (QED) is 0.692. The lowest BCUT2D eigenvalue weighted by molar-refractivity contribution is 0.210. The molecule has 0 atom stereocenters. The zero-order valence-electron chi connectivity index (χ0n) is 10.1. The zero-order valence-corrected chi connectivity index (χ0v) is 10.1. The topological polar surface area (TPSA) is 63.2 Å². The van der Waals surface area contributed by atoms with Gasteiger partial charge in [0.1, 0.15) is 0 Å². The molecule has 0 aliphatic carbocycles. The molecule has 6 heteroatoms. The first-order valence-corrected chi connectivity index (χ1v) is 5.49. The second-order valence-corrected chi connectivity index (χ2v) is 3.23. The molecule has 0 aliphatic rings. The Kier molecular flexibility index (Phi) is 5.49. The Morgan fingerprint density at radius 1 is 1.38 bits per heavy atom. The molecular formula is C10H19N5O. The maximum Gasteiger partial charge on any atom is 0.244 e. The van der Waals surface area contributed by atoms with E-state index in [2.05, 4.69) is 39.2 Å². The molecule has 0 amide bonds. The van der Waals surface area contributed by atoms with Crippen LogP contribution in [0.25, 0.3) is 0 Å². The fourth-order valence-corrected chi connectivity index (χ4v) is 1.33. The number of aromatic nitrogens is 3. The van der Waals surface area contributed by atoms with Crippen molar-refractivity contribution < 1.29 is 4.74 Å². The molecule has 1 aromatic heterocycles. The van der Waals surface area contributed by atoms with Crippen molar-refractivity contribution in [3.63, 3.8) is 0 Å². The molecule has 0 saturated heterocycles. The molecule has 0 aliphatic heterocycles. The summed E-state index contributed by atoms with van der Waals surface area (Å²) in [5.41, 5.74) is 0. The summed E-state index contributed by atoms with van der Waals surface area (Å²) in [4.78, 5) is 6.49. The fraction of sp³-hybridized carbons (Fsp3) is 0.700. The van der Waals surface area contributed by atoms with Gasteiger partial charge in [0.2, 0.25) is 5.95 Å². The van der Waals surface area contributed by atoms with Gasteiger partial charge in [0.15, 0.2) is 5.82 Å². The van der Waals surface area contributed by atoms with Crippen LogP contribution in [0.2, 0.25) is 0 Å². The minimum atomic E-state index is 0.543. The van der Waals surface area contributed by atoms with Crippen LogP contribution >= 0.6 is 0 Å². The van der Waals surface area contributed by atoms with Gasteiger partial charge in [-0.1, -0.05) is 0 Å². The van der Waals surface area contributed by atoms with Gasteiger partial charge < -0.3 is 15.0 Å². The minimum Gasteiger partial charge on any atom is -0.383 e. The van der Waals surface area contributed by atoms with E-state index in [4.69, 9.17) is 4.74 Å². The van der Waals surface area contributed by atoms with E-state index in [1.165, 1.54) is 0 Å². The SMILES string of the molecule is CCN(CC)c1cnnc(NCCOC)n1. The molecule has 1 heterocycles. The molecule has 0 bridgehead atoms. The Labute approximate surface area is 96.0 Å². The van der Waals surface area contributed by atoms with Crippen molar-refractivity contribution in [2.75, 3.05) is 43.6 Å². The van der Waals surface area contributed by atoms with Gasteiger partial charge in [0.05, 0.1) is 12.8 Å². The highest BCUT2D eigenvalue weighted by Gasteiger charge is 2.05. The molecule has 6 nitrogen and oxygen atoms in total. The monoisotopic (exact) mass is 225 g/mol. The standard InChI is InChI=1S/C10H19N5O/c1-4-15(5-2)9-8-12-14-10(13-9)11-6-7-16-3/h8H,4-7H2,1-3H3,(H,11,13,14). The Morgan fingerprint density at radius 2 is 2.12 bits per heavy atom. The summed E-state index contributed by atoms with van der Waals surface area (Å²) < 4.78 is 4.93. The van der Waals surface area contributed by atoms with E-state index in [0.29, 0.717) is 19.1 Å². The second kappa shape index (κ2) is 6.95. The predicted octanol–water partition coefficient (Wildman–Crippen LogP) is 0.776. The largest absolute Gasteiger partial charge is 0.383 e. The first-order valence-electron chi connectivity index (χ1n) is 5.49. The first-order chi connectivity index (χ1) is 7.81. The number of rotatable bonds is 7. The molecule has 0 saturated carbocycles. The molecule has 16 heavy (non-hydrogen) atoms. The molecule has 0 unspecified atom stereocenters. The predicted molar refractivity (Wildman–Crippen MR) is 63.8 cm³/mol. The Balaban J connectivity index is 2.62. The van der Waals surface area contributed by atoms with E-state index in [0.717, 1.165) is 18.9 Å². The number of anilines is 2. The third-order valence-electron chi connectivity index (χ3n) is 2.22. The van der Waals surface area contributed by atoms with Crippen molar-refractivity contribution in [3.05, 3.63) is 6.20 Å². The Bertz CT molecular complexity index is 303. The first kappa shape index (κ1) is 12.6. The van der Waals surface area contributed by atoms with Crippen molar-refractivity contribution in [1.82, 2.24) is 15.2 Å². The van der Waals surface area contributed by atoms with Gasteiger partial charge in [-0.05, 0) is 13.8 Å². The summed E-state index contributed by atoms with van der Waals surface area (Å²) in [6.45, 7) is 7.30. The van der Waals surface area contributed by atoms with E-state index in [1.54, 1.807) is 13.3 Å². The van der Waals surface area contributed by atoms with Crippen LogP contribution in [0.3, 0.4) is 0 Å². The lowest BCUT2D eigenvalue weighted by Crippen LogP contribution is -2.24. The van der Waals surface area contributed by atoms with E-state index in [-0.39, 0.29) is 0 Å². The Morgan fingerprint density at radius 3 is 2.75 bits per heavy atom. The third-order valence-corrected chi connectivity index (χ3v) is 2.22. The maximum absolute atomic E-state index is 4.93. The number of hydrogen-bond acceptors (Lipinski definition) is 6. The van der Waals surface area contributed by atoms with Crippen LogP contribution in [0.15, 0.2) is 6.20 Å². The van der Waals surface area contributed by atoms with E-state index in [1.807, 2.05) is 0 Å². The van der Waals surface area contributed by atoms with E-state index in [9.17, 15) is 0 Å². The molecule has 90 valence electrons. The highest BCUT2D eigenvalue weighted by Crippen LogP contribution is 2.09. The van der Waals surface area contributed by atoms with Gasteiger partial charge in [0, 0.05) is 26.7 Å². The molecule has 1 rings (SSSR count). The summed E-state index contributed by atoms with van der Waals surface area (Å²) in [7, 11) is 1.66. The third kappa shape index (κ3) is 3.62. The van der Waals surface area contributed by atoms with Gasteiger partial charge in [-0.15, -0.1) is 5.10 Å². The van der Waals surface area contributed by atoms with Crippen LogP contribution in [0.4, 0.5) is 11.8 Å². The number of nitrogens with zero attached hydrogens (tertiary/aromatic N) is 4. The Hall–Kier alpha value is -1.43. The molecule has 0 spiro atoms. The number of hydrogen-bond donors (Lipinski definition) is 1. The van der Waals surface area contributed by atoms with Crippen LogP contribution in [-0.4, -0.2) is 48.5 Å². The van der Waals surface area contributed by atoms with Crippen LogP contribution in [-0.2, 0) is 4.74 Å². The van der Waals surface area contributed by atoms with Gasteiger partial charge in [0.25, 0.3) is 0 Å². The highest BCUT2D eigenvalue weighted by molar-refractivity contribution is 5.39. The average Bonchev–Trinajstić information content (AvgIpc) is 2.32. The van der Waals surface area contributed by atoms with Crippen molar-refractivity contribution in [2.24, 2.45) is 0 Å². The molecule has 0 fully saturated rings. The van der Waals surface area contributed by atoms with Gasteiger partial charge in [-0.3, -0.25) is 0 Å². The fourth-order valence-electron chi connectivity index (χ4n) is 1.33. The highest BCUT2D eigenvalue weighted by atomic mass is 16.5. The van der Waals surface area contributed by atoms with E-state index < -0.39 is 0 Å². The lowest BCUT2D eigenvalue weighted by Gasteiger charge is -2.19. The van der Waals surface area contributed by atoms with Crippen LogP contribution in [0, 0.1) is 0 Å². The van der Waals surface area contributed by atoms with Gasteiger partial charge in [-0.2, -0.15) is 10.1 Å². The molecular weight excluding hydrogens is 206 g/mol. The average molecular weight is 225 g/mol. The van der Waals surface area contributed by atoms with Crippen molar-refractivity contribution in [3.8, 4) is 0 Å². The number of methoxy groups -OCH3 is 1. The summed E-state index contributed by atoms with van der Waals surface area (Å²) >= 11 is 0. The zero-order chi connectivity index (χ0) is 11.8. The summed E-state index contributed by atoms with van der Waals surface area (Å²) in [5, 5.41) is 10.9. The summed E-state index contributed by atoms with van der Waals surface area (Å²) in [6.07, 6.45) is 1.68. The molecule has 0 aromatic carbocycles. The maximum atomic E-state index is 4.93. The minimum absolute atomic E-state index is 0.543. The van der Waals surface area contributed by atoms with Gasteiger partial charge >= 0.3 is 0 Å². The lowest BCUT2D eigenvalue weighted by atomic mass is 10.5. The van der Waals surface area contributed by atoms with Gasteiger partial charge in [-0.25, -0.2) is 0 Å². The normalized spacial score (nSPS) is 10.2. The van der Waals surface area contributed by atoms with Crippen molar-refractivity contribution >= 4 is 11.8 Å². The van der Waals surface area contributed by atoms with Crippen LogP contribution in [0.5, 0.6) is 0 Å². The summed E-state index contributed by atoms with van der Waals surface area (Å²) in [6, 6.07) is 0. The smallest absolute Gasteiger partial charge is 0.244 e. The second-order valence-electron chi connectivity index (χ2n) is 3.23. The van der Waals surface area contributed by atoms with E-state index >= 15 is 0 Å². The molecule has 1 N–H and O–H groups in total. The number of nitrogens with one attached hydrogen (secondary N) is 1. The van der Waals surface area contributed by atoms with Crippen LogP contribution in [0.1, 0.15) is 13.8 Å².